The first-order valence-electron chi connectivity index (χ1n) is 11.4. The first-order valence-corrected chi connectivity index (χ1v) is 11.4. The van der Waals surface area contributed by atoms with Gasteiger partial charge in [-0.05, 0) is 48.4 Å². The number of benzene rings is 3. The second-order valence-corrected chi connectivity index (χ2v) is 9.28. The van der Waals surface area contributed by atoms with Crippen LogP contribution in [-0.4, -0.2) is 34.8 Å². The average Bonchev–Trinajstić information content (AvgIpc) is 3.26. The highest BCUT2D eigenvalue weighted by molar-refractivity contribution is 5.86. The van der Waals surface area contributed by atoms with Crippen LogP contribution in [-0.2, 0) is 0 Å². The lowest BCUT2D eigenvalue weighted by Gasteiger charge is -2.52. The van der Waals surface area contributed by atoms with Crippen LogP contribution in [0.5, 0.6) is 5.75 Å². The molecule has 1 saturated heterocycles. The number of para-hydroxylation sites is 1. The number of hydrazine groups is 1. The molecule has 0 aliphatic carbocycles. The molecule has 3 aromatic rings. The highest BCUT2D eigenvalue weighted by atomic mass is 16.5. The van der Waals surface area contributed by atoms with E-state index in [-0.39, 0.29) is 11.8 Å². The van der Waals surface area contributed by atoms with E-state index in [1.807, 2.05) is 0 Å². The van der Waals surface area contributed by atoms with Gasteiger partial charge in [-0.15, -0.1) is 0 Å². The number of hydrogen-bond acceptors (Lipinski definition) is 4. The fourth-order valence-corrected chi connectivity index (χ4v) is 5.38. The highest BCUT2D eigenvalue weighted by Gasteiger charge is 2.51. The second kappa shape index (κ2) is 7.11. The lowest BCUT2D eigenvalue weighted by molar-refractivity contribution is -0.161. The third-order valence-corrected chi connectivity index (χ3v) is 7.19. The van der Waals surface area contributed by atoms with Crippen molar-refractivity contribution in [3.8, 4) is 5.75 Å². The van der Waals surface area contributed by atoms with Crippen LogP contribution in [0, 0.1) is 0 Å². The van der Waals surface area contributed by atoms with Crippen molar-refractivity contribution in [2.45, 2.75) is 44.5 Å². The third kappa shape index (κ3) is 3.05. The first kappa shape index (κ1) is 18.9. The lowest BCUT2D eigenvalue weighted by atomic mass is 9.92. The molecule has 4 heteroatoms. The molecule has 1 atom stereocenters. The normalized spacial score (nSPS) is 22.7. The Morgan fingerprint density at radius 2 is 1.68 bits per heavy atom. The summed E-state index contributed by atoms with van der Waals surface area (Å²) in [4.78, 5) is 2.55. The van der Waals surface area contributed by atoms with Gasteiger partial charge in [0, 0.05) is 37.5 Å². The zero-order chi connectivity index (χ0) is 21.0. The predicted molar refractivity (Wildman–Crippen MR) is 125 cm³/mol. The Morgan fingerprint density at radius 3 is 2.48 bits per heavy atom. The number of ether oxygens (including phenoxy) is 1. The molecule has 0 unspecified atom stereocenters. The summed E-state index contributed by atoms with van der Waals surface area (Å²) < 4.78 is 6.76. The van der Waals surface area contributed by atoms with Gasteiger partial charge < -0.3 is 15.1 Å². The maximum absolute atomic E-state index is 6.76. The van der Waals surface area contributed by atoms with Crippen LogP contribution in [0.25, 0.3) is 16.5 Å². The van der Waals surface area contributed by atoms with Crippen molar-refractivity contribution in [1.82, 2.24) is 15.3 Å². The lowest BCUT2D eigenvalue weighted by Crippen LogP contribution is -2.64. The molecule has 3 aromatic carbocycles. The molecule has 3 heterocycles. The number of rotatable bonds is 2. The van der Waals surface area contributed by atoms with Crippen LogP contribution >= 0.6 is 0 Å². The molecule has 6 rings (SSSR count). The molecule has 1 N–H and O–H groups in total. The van der Waals surface area contributed by atoms with Crippen molar-refractivity contribution in [3.63, 3.8) is 0 Å². The average molecular weight is 412 g/mol. The SMILES string of the molecule is CC(C)N1CCC2(CC1)Oc1ccccc1[C@@H]1C=C(c3ccc4ccccc4c3)NN12. The van der Waals surface area contributed by atoms with E-state index in [1.165, 1.54) is 27.6 Å². The third-order valence-electron chi connectivity index (χ3n) is 7.19. The summed E-state index contributed by atoms with van der Waals surface area (Å²) in [7, 11) is 0. The smallest absolute Gasteiger partial charge is 0.182 e. The minimum atomic E-state index is -0.320. The van der Waals surface area contributed by atoms with E-state index in [1.54, 1.807) is 0 Å². The van der Waals surface area contributed by atoms with Crippen LogP contribution in [0.15, 0.2) is 72.8 Å². The summed E-state index contributed by atoms with van der Waals surface area (Å²) in [5.74, 6) is 1.03. The summed E-state index contributed by atoms with van der Waals surface area (Å²) in [6.45, 7) is 6.67. The van der Waals surface area contributed by atoms with Gasteiger partial charge in [-0.3, -0.25) is 0 Å². The molecule has 0 aromatic heterocycles. The van der Waals surface area contributed by atoms with Gasteiger partial charge in [-0.25, -0.2) is 0 Å². The minimum absolute atomic E-state index is 0.178. The molecule has 4 nitrogen and oxygen atoms in total. The Labute approximate surface area is 184 Å². The molecule has 3 aliphatic rings. The van der Waals surface area contributed by atoms with E-state index in [2.05, 4.69) is 102 Å². The molecule has 31 heavy (non-hydrogen) atoms. The Bertz CT molecular complexity index is 1160. The zero-order valence-electron chi connectivity index (χ0n) is 18.2. The van der Waals surface area contributed by atoms with Crippen molar-refractivity contribution in [3.05, 3.63) is 83.9 Å². The Kier molecular flexibility index (Phi) is 4.34. The molecule has 3 aliphatic heterocycles. The number of piperidine rings is 1. The van der Waals surface area contributed by atoms with Crippen molar-refractivity contribution in [1.29, 1.82) is 0 Å². The van der Waals surface area contributed by atoms with E-state index in [9.17, 15) is 0 Å². The Hall–Kier alpha value is -2.82. The van der Waals surface area contributed by atoms with Crippen LogP contribution < -0.4 is 10.2 Å². The Balaban J connectivity index is 1.39. The summed E-state index contributed by atoms with van der Waals surface area (Å²) in [5, 5.41) is 4.93. The highest BCUT2D eigenvalue weighted by Crippen LogP contribution is 2.48. The molecular weight excluding hydrogens is 382 g/mol. The van der Waals surface area contributed by atoms with Crippen molar-refractivity contribution >= 4 is 16.5 Å². The predicted octanol–water partition coefficient (Wildman–Crippen LogP) is 5.34. The van der Waals surface area contributed by atoms with Crippen LogP contribution in [0.1, 0.15) is 43.9 Å². The van der Waals surface area contributed by atoms with Gasteiger partial charge >= 0.3 is 0 Å². The number of nitrogens with one attached hydrogen (secondary N) is 1. The summed E-state index contributed by atoms with van der Waals surface area (Å²) in [5.41, 5.74) is 7.08. The molecule has 1 spiro atoms. The van der Waals surface area contributed by atoms with Gasteiger partial charge in [0.05, 0.1) is 11.7 Å². The number of fused-ring (bicyclic) bond motifs is 5. The fourth-order valence-electron chi connectivity index (χ4n) is 5.38. The number of nitrogens with zero attached hydrogens (tertiary/aromatic N) is 2. The van der Waals surface area contributed by atoms with Gasteiger partial charge in [0.15, 0.2) is 5.72 Å². The summed E-state index contributed by atoms with van der Waals surface area (Å²) in [6.07, 6.45) is 4.35. The molecule has 0 amide bonds. The van der Waals surface area contributed by atoms with E-state index in [0.717, 1.165) is 31.7 Å². The molecule has 158 valence electrons. The van der Waals surface area contributed by atoms with E-state index in [4.69, 9.17) is 4.74 Å². The van der Waals surface area contributed by atoms with Gasteiger partial charge in [0.25, 0.3) is 0 Å². The van der Waals surface area contributed by atoms with Crippen LogP contribution in [0.3, 0.4) is 0 Å². The van der Waals surface area contributed by atoms with E-state index >= 15 is 0 Å². The van der Waals surface area contributed by atoms with Gasteiger partial charge in [0.2, 0.25) is 0 Å². The molecule has 0 bridgehead atoms. The Morgan fingerprint density at radius 1 is 0.935 bits per heavy atom. The first-order chi connectivity index (χ1) is 15.1. The quantitative estimate of drug-likeness (QED) is 0.616. The molecule has 1 fully saturated rings. The maximum atomic E-state index is 6.76. The van der Waals surface area contributed by atoms with E-state index < -0.39 is 0 Å². The van der Waals surface area contributed by atoms with Crippen molar-refractivity contribution in [2.75, 3.05) is 13.1 Å². The summed E-state index contributed by atoms with van der Waals surface area (Å²) in [6, 6.07) is 24.5. The minimum Gasteiger partial charge on any atom is -0.470 e. The van der Waals surface area contributed by atoms with Crippen molar-refractivity contribution in [2.24, 2.45) is 0 Å². The topological polar surface area (TPSA) is 27.7 Å². The number of likely N-dealkylation sites (tertiary alicyclic amines) is 1. The monoisotopic (exact) mass is 411 g/mol. The fraction of sp³-hybridized carbons (Fsp3) is 0.333. The largest absolute Gasteiger partial charge is 0.470 e. The zero-order valence-corrected chi connectivity index (χ0v) is 18.2. The van der Waals surface area contributed by atoms with Gasteiger partial charge in [0.1, 0.15) is 5.75 Å². The van der Waals surface area contributed by atoms with E-state index in [0.29, 0.717) is 6.04 Å². The molecule has 0 saturated carbocycles. The maximum Gasteiger partial charge on any atom is 0.182 e. The number of hydrogen-bond donors (Lipinski definition) is 1. The molecule has 0 radical (unpaired) electrons. The second-order valence-electron chi connectivity index (χ2n) is 9.28. The van der Waals surface area contributed by atoms with Crippen LogP contribution in [0.4, 0.5) is 0 Å². The molecular formula is C27H29N3O. The van der Waals surface area contributed by atoms with Gasteiger partial charge in [-0.1, -0.05) is 54.6 Å². The van der Waals surface area contributed by atoms with Crippen molar-refractivity contribution < 1.29 is 4.74 Å². The van der Waals surface area contributed by atoms with Crippen LogP contribution in [0.2, 0.25) is 0 Å². The van der Waals surface area contributed by atoms with Gasteiger partial charge in [-0.2, -0.15) is 5.01 Å². The summed E-state index contributed by atoms with van der Waals surface area (Å²) >= 11 is 0. The standard InChI is InChI=1S/C27H29N3O/c1-19(2)29-15-13-27(14-16-29)30-25(23-9-5-6-10-26(23)31-27)18-24(28-30)22-12-11-20-7-3-4-8-21(20)17-22/h3-12,17-19,25,28H,13-16H2,1-2H3/t25-/m0/s1.